The molecule has 0 heterocycles. The summed E-state index contributed by atoms with van der Waals surface area (Å²) in [5.74, 6) is 4.72. The molecule has 4 bridgehead atoms. The topological polar surface area (TPSA) is 26.0 Å². The Kier molecular flexibility index (Phi) is 2.41. The lowest BCUT2D eigenvalue weighted by Crippen LogP contribution is -2.56. The molecule has 4 aliphatic rings. The first kappa shape index (κ1) is 11.1. The fourth-order valence-electron chi connectivity index (χ4n) is 5.69. The van der Waals surface area contributed by atoms with E-state index in [-0.39, 0.29) is 0 Å². The van der Waals surface area contributed by atoms with Gasteiger partial charge in [-0.15, -0.1) is 0 Å². The summed E-state index contributed by atoms with van der Waals surface area (Å²) in [6.07, 6.45) is 7.51. The van der Waals surface area contributed by atoms with Crippen LogP contribution >= 0.6 is 0 Å². The number of hydrogen-bond acceptors (Lipinski definition) is 1. The maximum Gasteiger partial charge on any atom is 0.00440 e. The molecule has 0 aliphatic heterocycles. The predicted octanol–water partition coefficient (Wildman–Crippen LogP) is 3.43. The van der Waals surface area contributed by atoms with Crippen LogP contribution in [0.4, 0.5) is 0 Å². The molecule has 4 saturated carbocycles. The lowest BCUT2D eigenvalue weighted by Gasteiger charge is -2.62. The van der Waals surface area contributed by atoms with Crippen LogP contribution in [0.25, 0.3) is 0 Å². The third-order valence-electron chi connectivity index (χ3n) is 6.23. The van der Waals surface area contributed by atoms with Crippen LogP contribution in [0.5, 0.6) is 0 Å². The maximum absolute atomic E-state index is 6.24. The van der Waals surface area contributed by atoms with Gasteiger partial charge in [-0.05, 0) is 74.0 Å². The van der Waals surface area contributed by atoms with Crippen LogP contribution in [0.3, 0.4) is 0 Å². The smallest absolute Gasteiger partial charge is 0.00440 e. The van der Waals surface area contributed by atoms with Gasteiger partial charge in [0, 0.05) is 6.04 Å². The summed E-state index contributed by atoms with van der Waals surface area (Å²) >= 11 is 0. The van der Waals surface area contributed by atoms with Gasteiger partial charge in [-0.1, -0.05) is 13.8 Å². The standard InChI is InChI=1S/C15H27N/c1-9(2)15-6-11-4-12(7-15)14(10(3)16)13(5-11)8-15/h9-14H,4-8,16H2,1-3H3. The van der Waals surface area contributed by atoms with E-state index in [1.807, 2.05) is 0 Å². The highest BCUT2D eigenvalue weighted by atomic mass is 14.7. The Bertz CT molecular complexity index is 265. The molecule has 4 rings (SSSR count). The van der Waals surface area contributed by atoms with E-state index in [9.17, 15) is 0 Å². The Morgan fingerprint density at radius 3 is 2.00 bits per heavy atom. The zero-order valence-electron chi connectivity index (χ0n) is 11.1. The molecule has 2 N–H and O–H groups in total. The molecule has 92 valence electrons. The average molecular weight is 221 g/mol. The molecule has 4 fully saturated rings. The summed E-state index contributed by atoms with van der Waals surface area (Å²) in [4.78, 5) is 0. The van der Waals surface area contributed by atoms with Gasteiger partial charge in [-0.2, -0.15) is 0 Å². The quantitative estimate of drug-likeness (QED) is 0.759. The molecule has 0 aromatic carbocycles. The van der Waals surface area contributed by atoms with Gasteiger partial charge in [0.05, 0.1) is 0 Å². The van der Waals surface area contributed by atoms with Gasteiger partial charge in [0.25, 0.3) is 0 Å². The van der Waals surface area contributed by atoms with Crippen molar-refractivity contribution in [2.45, 2.75) is 58.9 Å². The third-order valence-corrected chi connectivity index (χ3v) is 6.23. The molecule has 0 spiro atoms. The van der Waals surface area contributed by atoms with Crippen molar-refractivity contribution in [1.82, 2.24) is 0 Å². The Morgan fingerprint density at radius 2 is 1.56 bits per heavy atom. The highest BCUT2D eigenvalue weighted by Crippen LogP contribution is 2.64. The normalized spacial score (nSPS) is 52.3. The molecule has 4 aliphatic carbocycles. The molecule has 0 saturated heterocycles. The predicted molar refractivity (Wildman–Crippen MR) is 68.0 cm³/mol. The van der Waals surface area contributed by atoms with Crippen LogP contribution in [0.1, 0.15) is 52.9 Å². The summed E-state index contributed by atoms with van der Waals surface area (Å²) in [6, 6.07) is 0.430. The van der Waals surface area contributed by atoms with E-state index in [2.05, 4.69) is 20.8 Å². The van der Waals surface area contributed by atoms with Crippen molar-refractivity contribution in [3.8, 4) is 0 Å². The Morgan fingerprint density at radius 1 is 1.00 bits per heavy atom. The van der Waals surface area contributed by atoms with Gasteiger partial charge in [0.1, 0.15) is 0 Å². The van der Waals surface area contributed by atoms with Gasteiger partial charge in [-0.25, -0.2) is 0 Å². The van der Waals surface area contributed by atoms with Crippen molar-refractivity contribution >= 4 is 0 Å². The second kappa shape index (κ2) is 3.48. The summed E-state index contributed by atoms with van der Waals surface area (Å²) in [5.41, 5.74) is 6.95. The van der Waals surface area contributed by atoms with Gasteiger partial charge in [0.2, 0.25) is 0 Å². The van der Waals surface area contributed by atoms with Crippen LogP contribution < -0.4 is 5.73 Å². The molecular formula is C15H27N. The van der Waals surface area contributed by atoms with Gasteiger partial charge < -0.3 is 5.73 Å². The lowest BCUT2D eigenvalue weighted by atomic mass is 9.43. The van der Waals surface area contributed by atoms with Crippen molar-refractivity contribution in [1.29, 1.82) is 0 Å². The highest BCUT2D eigenvalue weighted by molar-refractivity contribution is 5.07. The molecule has 3 unspecified atom stereocenters. The monoisotopic (exact) mass is 221 g/mol. The summed E-state index contributed by atoms with van der Waals surface area (Å²) < 4.78 is 0. The van der Waals surface area contributed by atoms with E-state index in [4.69, 9.17) is 5.73 Å². The van der Waals surface area contributed by atoms with E-state index >= 15 is 0 Å². The number of rotatable bonds is 2. The lowest BCUT2D eigenvalue weighted by molar-refractivity contribution is -0.121. The van der Waals surface area contributed by atoms with Gasteiger partial charge in [-0.3, -0.25) is 0 Å². The molecule has 0 aromatic rings. The Balaban J connectivity index is 1.89. The van der Waals surface area contributed by atoms with Crippen molar-refractivity contribution in [3.05, 3.63) is 0 Å². The van der Waals surface area contributed by atoms with Crippen molar-refractivity contribution in [2.75, 3.05) is 0 Å². The molecule has 0 aromatic heterocycles. The van der Waals surface area contributed by atoms with Gasteiger partial charge in [0.15, 0.2) is 0 Å². The van der Waals surface area contributed by atoms with Crippen LogP contribution in [0, 0.1) is 35.0 Å². The molecule has 16 heavy (non-hydrogen) atoms. The SMILES string of the molecule is CC(N)C1C2CC3CC1CC(C(C)C)(C3)C2. The van der Waals surface area contributed by atoms with E-state index in [0.717, 1.165) is 29.6 Å². The van der Waals surface area contributed by atoms with Crippen LogP contribution in [0.2, 0.25) is 0 Å². The van der Waals surface area contributed by atoms with E-state index < -0.39 is 0 Å². The largest absolute Gasteiger partial charge is 0.328 e. The van der Waals surface area contributed by atoms with E-state index in [0.29, 0.717) is 11.5 Å². The molecular weight excluding hydrogens is 194 g/mol. The summed E-state index contributed by atoms with van der Waals surface area (Å²) in [7, 11) is 0. The molecule has 1 heteroatoms. The molecule has 3 atom stereocenters. The fourth-order valence-corrected chi connectivity index (χ4v) is 5.69. The first-order valence-electron chi connectivity index (χ1n) is 7.27. The first-order valence-corrected chi connectivity index (χ1v) is 7.27. The second-order valence-corrected chi connectivity index (χ2v) is 7.42. The van der Waals surface area contributed by atoms with Crippen molar-refractivity contribution < 1.29 is 0 Å². The average Bonchev–Trinajstić information content (AvgIpc) is 2.14. The minimum atomic E-state index is 0.430. The zero-order valence-corrected chi connectivity index (χ0v) is 11.1. The highest BCUT2D eigenvalue weighted by Gasteiger charge is 2.56. The minimum absolute atomic E-state index is 0.430. The summed E-state index contributed by atoms with van der Waals surface area (Å²) in [5, 5.41) is 0. The molecule has 0 amide bonds. The van der Waals surface area contributed by atoms with Gasteiger partial charge >= 0.3 is 0 Å². The number of hydrogen-bond donors (Lipinski definition) is 1. The van der Waals surface area contributed by atoms with Crippen LogP contribution in [-0.4, -0.2) is 6.04 Å². The molecule has 0 radical (unpaired) electrons. The first-order chi connectivity index (χ1) is 7.52. The van der Waals surface area contributed by atoms with Crippen LogP contribution in [-0.2, 0) is 0 Å². The zero-order chi connectivity index (χ0) is 11.5. The Hall–Kier alpha value is -0.0400. The fraction of sp³-hybridized carbons (Fsp3) is 1.00. The number of nitrogens with two attached hydrogens (primary N) is 1. The van der Waals surface area contributed by atoms with Crippen molar-refractivity contribution in [3.63, 3.8) is 0 Å². The Labute approximate surface area is 100 Å². The molecule has 1 nitrogen and oxygen atoms in total. The third kappa shape index (κ3) is 1.40. The minimum Gasteiger partial charge on any atom is -0.328 e. The summed E-state index contributed by atoms with van der Waals surface area (Å²) in [6.45, 7) is 7.15. The van der Waals surface area contributed by atoms with Crippen LogP contribution in [0.15, 0.2) is 0 Å². The van der Waals surface area contributed by atoms with E-state index in [1.54, 1.807) is 0 Å². The van der Waals surface area contributed by atoms with E-state index in [1.165, 1.54) is 32.1 Å². The second-order valence-electron chi connectivity index (χ2n) is 7.42. The maximum atomic E-state index is 6.24. The van der Waals surface area contributed by atoms with Crippen molar-refractivity contribution in [2.24, 2.45) is 40.7 Å².